The van der Waals surface area contributed by atoms with Crippen LogP contribution in [-0.4, -0.2) is 17.9 Å². The van der Waals surface area contributed by atoms with E-state index in [0.29, 0.717) is 11.3 Å². The van der Waals surface area contributed by atoms with Crippen LogP contribution in [0.1, 0.15) is 0 Å². The van der Waals surface area contributed by atoms with Crippen molar-refractivity contribution >= 4 is 17.9 Å². The lowest BCUT2D eigenvalue weighted by atomic mass is 10.1. The molecule has 1 aromatic heterocycles. The molecule has 0 aliphatic heterocycles. The van der Waals surface area contributed by atoms with Gasteiger partial charge in [-0.25, -0.2) is 18.8 Å². The molecule has 0 bridgehead atoms. The van der Waals surface area contributed by atoms with Crippen molar-refractivity contribution in [3.8, 4) is 39.9 Å². The van der Waals surface area contributed by atoms with Crippen LogP contribution in [0.4, 0.5) is 4.39 Å². The maximum Gasteiger partial charge on any atom is 0.335 e. The molecule has 0 saturated heterocycles. The van der Waals surface area contributed by atoms with Gasteiger partial charge in [-0.1, -0.05) is 19.7 Å². The summed E-state index contributed by atoms with van der Waals surface area (Å²) in [6, 6.07) is 11.6. The molecule has 0 aliphatic carbocycles. The summed E-state index contributed by atoms with van der Waals surface area (Å²) in [5.41, 5.74) is 0.622. The summed E-state index contributed by atoms with van der Waals surface area (Å²) in [6.07, 6.45) is 4.98. The Balaban J connectivity index is 1.82. The van der Waals surface area contributed by atoms with Crippen molar-refractivity contribution in [2.24, 2.45) is 0 Å². The highest BCUT2D eigenvalue weighted by atomic mass is 19.1. The number of hydrogen-bond acceptors (Lipinski definition) is 8. The van der Waals surface area contributed by atoms with Crippen molar-refractivity contribution in [1.82, 2.24) is 0 Å². The van der Waals surface area contributed by atoms with Gasteiger partial charge in [0.25, 0.3) is 0 Å². The largest absolute Gasteiger partial charge is 0.462 e. The molecule has 36 heavy (non-hydrogen) atoms. The lowest BCUT2D eigenvalue weighted by Gasteiger charge is -2.10. The molecular formula is C27H19FO8. The van der Waals surface area contributed by atoms with Crippen molar-refractivity contribution in [2.75, 3.05) is 0 Å². The van der Waals surface area contributed by atoms with Gasteiger partial charge in [-0.3, -0.25) is 0 Å². The van der Waals surface area contributed by atoms with E-state index in [1.807, 2.05) is 0 Å². The molecule has 9 heteroatoms. The van der Waals surface area contributed by atoms with E-state index in [1.54, 1.807) is 18.2 Å². The molecule has 8 nitrogen and oxygen atoms in total. The molecular weight excluding hydrogens is 471 g/mol. The number of hydrogen-bond donors (Lipinski definition) is 0. The monoisotopic (exact) mass is 490 g/mol. The lowest BCUT2D eigenvalue weighted by molar-refractivity contribution is -0.132. The highest BCUT2D eigenvalue weighted by Gasteiger charge is 2.16. The molecule has 0 radical (unpaired) electrons. The van der Waals surface area contributed by atoms with Crippen LogP contribution >= 0.6 is 0 Å². The molecule has 0 spiro atoms. The zero-order valence-electron chi connectivity index (χ0n) is 18.8. The lowest BCUT2D eigenvalue weighted by Crippen LogP contribution is -2.08. The fourth-order valence-corrected chi connectivity index (χ4v) is 2.78. The number of esters is 3. The maximum atomic E-state index is 14.7. The third-order valence-corrected chi connectivity index (χ3v) is 4.41. The number of carbonyl (C=O) groups is 3. The van der Waals surface area contributed by atoms with E-state index >= 15 is 0 Å². The van der Waals surface area contributed by atoms with E-state index in [2.05, 4.69) is 24.5 Å². The molecule has 0 atom stereocenters. The molecule has 0 fully saturated rings. The number of halogens is 1. The van der Waals surface area contributed by atoms with Gasteiger partial charge >= 0.3 is 17.9 Å². The van der Waals surface area contributed by atoms with E-state index in [1.165, 1.54) is 24.3 Å². The predicted molar refractivity (Wildman–Crippen MR) is 127 cm³/mol. The molecule has 1 heterocycles. The highest BCUT2D eigenvalue weighted by molar-refractivity contribution is 5.86. The summed E-state index contributed by atoms with van der Waals surface area (Å²) in [6.45, 7) is 9.92. The molecule has 3 rings (SSSR count). The summed E-state index contributed by atoms with van der Waals surface area (Å²) in [7, 11) is 0. The molecule has 3 aromatic rings. The fourth-order valence-electron chi connectivity index (χ4n) is 2.78. The summed E-state index contributed by atoms with van der Waals surface area (Å²) in [5.74, 6) is -2.15. The van der Waals surface area contributed by atoms with Gasteiger partial charge in [0, 0.05) is 29.9 Å². The number of furan rings is 1. The minimum Gasteiger partial charge on any atom is -0.462 e. The van der Waals surface area contributed by atoms with E-state index in [4.69, 9.17) is 18.6 Å². The standard InChI is InChI=1S/C27H19FO8/c1-4-25(29)33-14-13-32-18-8-9-19(20(28)16-18)22-12-11-21(34-22)17-7-10-23(35-26(30)5-2)24(15-17)36-27(31)6-3/h4-16H,1-3H2. The Bertz CT molecular complexity index is 1370. The first kappa shape index (κ1) is 25.4. The minimum absolute atomic E-state index is 0.0134. The molecule has 182 valence electrons. The van der Waals surface area contributed by atoms with Gasteiger partial charge < -0.3 is 23.4 Å². The fraction of sp³-hybridized carbons (Fsp3) is 0. The second kappa shape index (κ2) is 11.8. The average Bonchev–Trinajstić information content (AvgIpc) is 3.37. The summed E-state index contributed by atoms with van der Waals surface area (Å²) >= 11 is 0. The number of ether oxygens (including phenoxy) is 4. The normalized spacial score (nSPS) is 10.4. The number of rotatable bonds is 10. The van der Waals surface area contributed by atoms with Crippen LogP contribution in [0.3, 0.4) is 0 Å². The second-order valence-electron chi connectivity index (χ2n) is 6.75. The third-order valence-electron chi connectivity index (χ3n) is 4.41. The van der Waals surface area contributed by atoms with Gasteiger partial charge in [-0.15, -0.1) is 0 Å². The van der Waals surface area contributed by atoms with Gasteiger partial charge in [-0.2, -0.15) is 0 Å². The van der Waals surface area contributed by atoms with Crippen molar-refractivity contribution < 1.29 is 42.1 Å². The highest BCUT2D eigenvalue weighted by Crippen LogP contribution is 2.36. The van der Waals surface area contributed by atoms with E-state index < -0.39 is 23.7 Å². The summed E-state index contributed by atoms with van der Waals surface area (Å²) in [4.78, 5) is 34.3. The van der Waals surface area contributed by atoms with E-state index in [9.17, 15) is 18.8 Å². The average molecular weight is 490 g/mol. The molecule has 0 unspecified atom stereocenters. The van der Waals surface area contributed by atoms with Crippen LogP contribution in [-0.2, 0) is 19.1 Å². The van der Waals surface area contributed by atoms with Crippen LogP contribution in [0.2, 0.25) is 0 Å². The quantitative estimate of drug-likeness (QED) is 0.159. The Morgan fingerprint density at radius 1 is 0.750 bits per heavy atom. The number of benzene rings is 2. The SMILES string of the molecule is C=CC(=O)OC=COc1ccc(-c2ccc(-c3ccc(OC(=O)C=C)c(OC(=O)C=C)c3)o2)c(F)c1. The Kier molecular flexibility index (Phi) is 8.34. The van der Waals surface area contributed by atoms with Crippen molar-refractivity contribution in [3.05, 3.63) is 105 Å². The zero-order valence-corrected chi connectivity index (χ0v) is 18.8. The molecule has 0 aliphatic rings. The molecule has 0 amide bonds. The first-order chi connectivity index (χ1) is 17.3. The van der Waals surface area contributed by atoms with Gasteiger partial charge in [-0.05, 0) is 42.5 Å². The van der Waals surface area contributed by atoms with Crippen molar-refractivity contribution in [3.63, 3.8) is 0 Å². The Morgan fingerprint density at radius 3 is 2.08 bits per heavy atom. The number of carbonyl (C=O) groups excluding carboxylic acids is 3. The first-order valence-corrected chi connectivity index (χ1v) is 10.2. The second-order valence-corrected chi connectivity index (χ2v) is 6.75. The van der Waals surface area contributed by atoms with Crippen LogP contribution in [0.25, 0.3) is 22.6 Å². The Hall–Kier alpha value is -5.18. The smallest absolute Gasteiger partial charge is 0.335 e. The van der Waals surface area contributed by atoms with Gasteiger partial charge in [0.05, 0.1) is 5.56 Å². The van der Waals surface area contributed by atoms with Crippen molar-refractivity contribution in [1.29, 1.82) is 0 Å². The van der Waals surface area contributed by atoms with Gasteiger partial charge in [0.2, 0.25) is 0 Å². The van der Waals surface area contributed by atoms with Crippen LogP contribution in [0, 0.1) is 5.82 Å². The molecule has 2 aromatic carbocycles. The summed E-state index contributed by atoms with van der Waals surface area (Å²) in [5, 5.41) is 0. The van der Waals surface area contributed by atoms with Crippen LogP contribution < -0.4 is 14.2 Å². The van der Waals surface area contributed by atoms with E-state index in [-0.39, 0.29) is 28.6 Å². The van der Waals surface area contributed by atoms with Crippen LogP contribution in [0.15, 0.2) is 103 Å². The summed E-state index contributed by atoms with van der Waals surface area (Å²) < 4.78 is 40.6. The Labute approximate surface area is 205 Å². The van der Waals surface area contributed by atoms with E-state index in [0.717, 1.165) is 36.8 Å². The Morgan fingerprint density at radius 2 is 1.42 bits per heavy atom. The molecule has 0 saturated carbocycles. The van der Waals surface area contributed by atoms with Crippen LogP contribution in [0.5, 0.6) is 17.2 Å². The van der Waals surface area contributed by atoms with Gasteiger partial charge in [0.15, 0.2) is 11.5 Å². The van der Waals surface area contributed by atoms with Gasteiger partial charge in [0.1, 0.15) is 35.6 Å². The topological polar surface area (TPSA) is 101 Å². The van der Waals surface area contributed by atoms with Crippen molar-refractivity contribution in [2.45, 2.75) is 0 Å². The zero-order chi connectivity index (χ0) is 26.1. The third kappa shape index (κ3) is 6.45. The minimum atomic E-state index is -0.763. The maximum absolute atomic E-state index is 14.7. The predicted octanol–water partition coefficient (Wildman–Crippen LogP) is 5.51. The first-order valence-electron chi connectivity index (χ1n) is 10.2. The molecule has 0 N–H and O–H groups in total.